The number of thioether (sulfide) groups is 1. The Morgan fingerprint density at radius 1 is 1.21 bits per heavy atom. The molecule has 0 unspecified atom stereocenters. The molecule has 0 saturated carbocycles. The first-order valence-electron chi connectivity index (χ1n) is 8.90. The van der Waals surface area contributed by atoms with E-state index in [9.17, 15) is 13.2 Å². The van der Waals surface area contributed by atoms with Crippen molar-refractivity contribution in [2.45, 2.75) is 30.3 Å². The summed E-state index contributed by atoms with van der Waals surface area (Å²) in [6.07, 6.45) is 3.90. The summed E-state index contributed by atoms with van der Waals surface area (Å²) >= 11 is 1.48. The Kier molecular flexibility index (Phi) is 6.41. The molecule has 9 heteroatoms. The highest BCUT2D eigenvalue weighted by atomic mass is 32.2. The average molecular weight is 431 g/mol. The van der Waals surface area contributed by atoms with Crippen LogP contribution in [-0.2, 0) is 14.8 Å². The van der Waals surface area contributed by atoms with Crippen molar-refractivity contribution in [1.29, 1.82) is 0 Å². The molecular formula is C20H22N4O3S2. The molecule has 0 fully saturated rings. The number of primary sulfonamides is 1. The van der Waals surface area contributed by atoms with Gasteiger partial charge in [-0.2, -0.15) is 0 Å². The summed E-state index contributed by atoms with van der Waals surface area (Å²) in [6.45, 7) is 4.09. The zero-order valence-electron chi connectivity index (χ0n) is 16.1. The fourth-order valence-electron chi connectivity index (χ4n) is 2.77. The molecule has 29 heavy (non-hydrogen) atoms. The molecule has 0 spiro atoms. The first-order valence-corrected chi connectivity index (χ1v) is 11.4. The molecule has 2 aromatic carbocycles. The second-order valence-corrected chi connectivity index (χ2v) is 9.21. The third kappa shape index (κ3) is 5.47. The molecule has 3 aromatic rings. The third-order valence-corrected chi connectivity index (χ3v) is 6.12. The molecular weight excluding hydrogens is 408 g/mol. The van der Waals surface area contributed by atoms with Crippen LogP contribution in [0.1, 0.15) is 17.5 Å². The van der Waals surface area contributed by atoms with Crippen molar-refractivity contribution in [3.63, 3.8) is 0 Å². The molecule has 3 rings (SSSR count). The number of hydrogen-bond acceptors (Lipinski definition) is 5. The number of amides is 1. The lowest BCUT2D eigenvalue weighted by atomic mass is 10.1. The van der Waals surface area contributed by atoms with Crippen LogP contribution in [-0.4, -0.2) is 29.6 Å². The van der Waals surface area contributed by atoms with Gasteiger partial charge in [-0.25, -0.2) is 18.5 Å². The molecule has 152 valence electrons. The van der Waals surface area contributed by atoms with Crippen LogP contribution in [0, 0.1) is 13.8 Å². The highest BCUT2D eigenvalue weighted by Crippen LogP contribution is 2.24. The van der Waals surface area contributed by atoms with Gasteiger partial charge in [0, 0.05) is 30.3 Å². The van der Waals surface area contributed by atoms with Crippen molar-refractivity contribution in [2.75, 3.05) is 11.1 Å². The van der Waals surface area contributed by atoms with Gasteiger partial charge < -0.3 is 5.32 Å². The van der Waals surface area contributed by atoms with Crippen LogP contribution in [0.3, 0.4) is 0 Å². The summed E-state index contributed by atoms with van der Waals surface area (Å²) in [7, 11) is -3.81. The molecule has 0 saturated heterocycles. The van der Waals surface area contributed by atoms with E-state index in [0.717, 1.165) is 22.0 Å². The minimum absolute atomic E-state index is 0.0415. The summed E-state index contributed by atoms with van der Waals surface area (Å²) in [6, 6.07) is 12.1. The van der Waals surface area contributed by atoms with E-state index < -0.39 is 10.0 Å². The molecule has 1 heterocycles. The summed E-state index contributed by atoms with van der Waals surface area (Å²) in [5.41, 5.74) is 3.76. The normalized spacial score (nSPS) is 11.4. The summed E-state index contributed by atoms with van der Waals surface area (Å²) in [4.78, 5) is 16.6. The maximum atomic E-state index is 12.2. The van der Waals surface area contributed by atoms with E-state index in [1.807, 2.05) is 24.6 Å². The summed E-state index contributed by atoms with van der Waals surface area (Å²) < 4.78 is 24.9. The van der Waals surface area contributed by atoms with E-state index in [-0.39, 0.29) is 17.2 Å². The Morgan fingerprint density at radius 3 is 2.76 bits per heavy atom. The zero-order chi connectivity index (χ0) is 21.0. The topological polar surface area (TPSA) is 107 Å². The Balaban J connectivity index is 1.61. The van der Waals surface area contributed by atoms with Gasteiger partial charge in [0.05, 0.1) is 10.6 Å². The van der Waals surface area contributed by atoms with Crippen LogP contribution in [0.15, 0.2) is 64.9 Å². The first-order chi connectivity index (χ1) is 13.7. The summed E-state index contributed by atoms with van der Waals surface area (Å²) in [5.74, 6) is 0.316. The number of sulfonamides is 1. The lowest BCUT2D eigenvalue weighted by molar-refractivity contribution is -0.115. The molecule has 0 bridgehead atoms. The average Bonchev–Trinajstić information content (AvgIpc) is 3.11. The molecule has 0 aliphatic rings. The van der Waals surface area contributed by atoms with Crippen molar-refractivity contribution in [3.05, 3.63) is 66.0 Å². The van der Waals surface area contributed by atoms with Crippen molar-refractivity contribution in [1.82, 2.24) is 9.55 Å². The SMILES string of the molecule is Cc1ccc(C)c(-n2ccnc2SCCC(=O)Nc2cccc(S(N)(=O)=O)c2)c1. The van der Waals surface area contributed by atoms with Crippen LogP contribution in [0.5, 0.6) is 0 Å². The Hall–Kier alpha value is -2.62. The van der Waals surface area contributed by atoms with Crippen LogP contribution < -0.4 is 10.5 Å². The highest BCUT2D eigenvalue weighted by molar-refractivity contribution is 7.99. The van der Waals surface area contributed by atoms with E-state index >= 15 is 0 Å². The smallest absolute Gasteiger partial charge is 0.238 e. The van der Waals surface area contributed by atoms with Gasteiger partial charge in [0.15, 0.2) is 5.16 Å². The number of nitrogens with zero attached hydrogens (tertiary/aromatic N) is 2. The quantitative estimate of drug-likeness (QED) is 0.560. The molecule has 1 aromatic heterocycles. The number of carbonyl (C=O) groups excluding carboxylic acids is 1. The second kappa shape index (κ2) is 8.81. The molecule has 1 amide bonds. The number of anilines is 1. The van der Waals surface area contributed by atoms with Gasteiger partial charge in [0.25, 0.3) is 0 Å². The number of nitrogens with one attached hydrogen (secondary N) is 1. The van der Waals surface area contributed by atoms with Crippen LogP contribution >= 0.6 is 11.8 Å². The predicted molar refractivity (Wildman–Crippen MR) is 115 cm³/mol. The molecule has 0 atom stereocenters. The first kappa shape index (κ1) is 21.1. The summed E-state index contributed by atoms with van der Waals surface area (Å²) in [5, 5.41) is 8.63. The van der Waals surface area contributed by atoms with Crippen LogP contribution in [0.25, 0.3) is 5.69 Å². The number of aryl methyl sites for hydroxylation is 2. The Bertz CT molecular complexity index is 1140. The number of aromatic nitrogens is 2. The minimum atomic E-state index is -3.81. The number of imidazole rings is 1. The molecule has 0 radical (unpaired) electrons. The van der Waals surface area contributed by atoms with E-state index in [1.165, 1.54) is 30.0 Å². The van der Waals surface area contributed by atoms with Crippen molar-refractivity contribution < 1.29 is 13.2 Å². The highest BCUT2D eigenvalue weighted by Gasteiger charge is 2.12. The van der Waals surface area contributed by atoms with E-state index in [1.54, 1.807) is 12.3 Å². The maximum absolute atomic E-state index is 12.2. The maximum Gasteiger partial charge on any atom is 0.238 e. The zero-order valence-corrected chi connectivity index (χ0v) is 17.8. The number of hydrogen-bond donors (Lipinski definition) is 2. The van der Waals surface area contributed by atoms with E-state index in [2.05, 4.69) is 28.5 Å². The van der Waals surface area contributed by atoms with Crippen LogP contribution in [0.4, 0.5) is 5.69 Å². The predicted octanol–water partition coefficient (Wildman–Crippen LogP) is 3.26. The number of nitrogens with two attached hydrogens (primary N) is 1. The second-order valence-electron chi connectivity index (χ2n) is 6.59. The largest absolute Gasteiger partial charge is 0.326 e. The monoisotopic (exact) mass is 430 g/mol. The Morgan fingerprint density at radius 2 is 2.00 bits per heavy atom. The number of rotatable bonds is 7. The number of carbonyl (C=O) groups is 1. The van der Waals surface area contributed by atoms with Gasteiger partial charge in [0.1, 0.15) is 0 Å². The lowest BCUT2D eigenvalue weighted by Gasteiger charge is -2.11. The lowest BCUT2D eigenvalue weighted by Crippen LogP contribution is -2.15. The Labute approximate surface area is 174 Å². The van der Waals surface area contributed by atoms with Gasteiger partial charge in [-0.05, 0) is 49.2 Å². The van der Waals surface area contributed by atoms with E-state index in [4.69, 9.17) is 5.14 Å². The van der Waals surface area contributed by atoms with Gasteiger partial charge in [0.2, 0.25) is 15.9 Å². The fraction of sp³-hybridized carbons (Fsp3) is 0.200. The van der Waals surface area contributed by atoms with Crippen LogP contribution in [0.2, 0.25) is 0 Å². The van der Waals surface area contributed by atoms with Crippen molar-refractivity contribution in [3.8, 4) is 5.69 Å². The van der Waals surface area contributed by atoms with E-state index in [0.29, 0.717) is 11.4 Å². The fourth-order valence-corrected chi connectivity index (χ4v) is 4.23. The van der Waals surface area contributed by atoms with Gasteiger partial charge in [-0.1, -0.05) is 30.0 Å². The standard InChI is InChI=1S/C20H22N4O3S2/c1-14-6-7-15(2)18(12-14)24-10-9-22-20(24)28-11-8-19(25)23-16-4-3-5-17(13-16)29(21,26)27/h3-7,9-10,12-13H,8,11H2,1-2H3,(H,23,25)(H2,21,26,27). The van der Waals surface area contributed by atoms with Gasteiger partial charge >= 0.3 is 0 Å². The molecule has 7 nitrogen and oxygen atoms in total. The van der Waals surface area contributed by atoms with Gasteiger partial charge in [-0.3, -0.25) is 9.36 Å². The molecule has 3 N–H and O–H groups in total. The third-order valence-electron chi connectivity index (χ3n) is 4.24. The van der Waals surface area contributed by atoms with Gasteiger partial charge in [-0.15, -0.1) is 0 Å². The molecule has 0 aliphatic heterocycles. The van der Waals surface area contributed by atoms with Crippen molar-refractivity contribution >= 4 is 33.4 Å². The van der Waals surface area contributed by atoms with Crippen molar-refractivity contribution in [2.24, 2.45) is 5.14 Å². The minimum Gasteiger partial charge on any atom is -0.326 e. The molecule has 0 aliphatic carbocycles. The number of benzene rings is 2.